The zero-order valence-corrected chi connectivity index (χ0v) is 10.7. The van der Waals surface area contributed by atoms with Crippen LogP contribution in [0.1, 0.15) is 19.5 Å². The molecular weight excluding hydrogens is 218 g/mol. The highest BCUT2D eigenvalue weighted by molar-refractivity contribution is 8.17. The first-order chi connectivity index (χ1) is 7.54. The first-order valence-corrected chi connectivity index (χ1v) is 5.92. The summed E-state index contributed by atoms with van der Waals surface area (Å²) in [6, 6.07) is 5.54. The molecule has 0 aliphatic carbocycles. The minimum atomic E-state index is 0.419. The van der Waals surface area contributed by atoms with Crippen molar-refractivity contribution in [1.29, 1.82) is 0 Å². The Kier molecular flexibility index (Phi) is 4.55. The highest BCUT2D eigenvalue weighted by atomic mass is 32.2. The summed E-state index contributed by atoms with van der Waals surface area (Å²) >= 11 is 1.55. The number of rotatable bonds is 3. The Morgan fingerprint density at radius 3 is 2.69 bits per heavy atom. The molecule has 1 heterocycles. The van der Waals surface area contributed by atoms with Crippen LogP contribution in [-0.2, 0) is 0 Å². The lowest BCUT2D eigenvalue weighted by atomic mass is 10.2. The molecule has 1 rings (SSSR count). The van der Waals surface area contributed by atoms with E-state index in [9.17, 15) is 0 Å². The molecule has 0 bridgehead atoms. The van der Waals surface area contributed by atoms with E-state index in [4.69, 9.17) is 5.73 Å². The zero-order chi connectivity index (χ0) is 12.1. The predicted octanol–water partition coefficient (Wildman–Crippen LogP) is 2.94. The number of thioether (sulfide) groups is 1. The Morgan fingerprint density at radius 2 is 2.19 bits per heavy atom. The van der Waals surface area contributed by atoms with Gasteiger partial charge in [-0.2, -0.15) is 0 Å². The van der Waals surface area contributed by atoms with Gasteiger partial charge in [0, 0.05) is 7.05 Å². The SMILES string of the molecule is C=C(SC(=NC)c1cccc(N)n1)C(C)C. The summed E-state index contributed by atoms with van der Waals surface area (Å²) in [6.45, 7) is 8.23. The lowest BCUT2D eigenvalue weighted by molar-refractivity contribution is 0.821. The Labute approximate surface area is 101 Å². The van der Waals surface area contributed by atoms with Crippen molar-refractivity contribution in [3.05, 3.63) is 35.4 Å². The summed E-state index contributed by atoms with van der Waals surface area (Å²) in [6.07, 6.45) is 0. The third kappa shape index (κ3) is 3.38. The molecule has 0 aliphatic rings. The van der Waals surface area contributed by atoms with Gasteiger partial charge in [-0.25, -0.2) is 4.98 Å². The zero-order valence-electron chi connectivity index (χ0n) is 9.90. The summed E-state index contributed by atoms with van der Waals surface area (Å²) in [4.78, 5) is 9.54. The molecule has 86 valence electrons. The summed E-state index contributed by atoms with van der Waals surface area (Å²) < 4.78 is 0. The monoisotopic (exact) mass is 235 g/mol. The number of hydrogen-bond donors (Lipinski definition) is 1. The smallest absolute Gasteiger partial charge is 0.124 e. The second kappa shape index (κ2) is 5.70. The van der Waals surface area contributed by atoms with Crippen molar-refractivity contribution >= 4 is 22.6 Å². The lowest BCUT2D eigenvalue weighted by Gasteiger charge is -2.10. The van der Waals surface area contributed by atoms with Crippen LogP contribution in [0.25, 0.3) is 0 Å². The van der Waals surface area contributed by atoms with Gasteiger partial charge < -0.3 is 5.73 Å². The molecular formula is C12H17N3S. The molecule has 16 heavy (non-hydrogen) atoms. The van der Waals surface area contributed by atoms with E-state index in [1.807, 2.05) is 12.1 Å². The summed E-state index contributed by atoms with van der Waals surface area (Å²) in [5.74, 6) is 0.928. The van der Waals surface area contributed by atoms with E-state index in [2.05, 4.69) is 30.4 Å². The van der Waals surface area contributed by atoms with Crippen molar-refractivity contribution in [3.63, 3.8) is 0 Å². The quantitative estimate of drug-likeness (QED) is 0.647. The molecule has 0 spiro atoms. The van der Waals surface area contributed by atoms with Gasteiger partial charge in [0.1, 0.15) is 10.9 Å². The highest BCUT2D eigenvalue weighted by Gasteiger charge is 2.10. The van der Waals surface area contributed by atoms with Crippen molar-refractivity contribution in [2.75, 3.05) is 12.8 Å². The van der Waals surface area contributed by atoms with Gasteiger partial charge in [0.2, 0.25) is 0 Å². The number of pyridine rings is 1. The van der Waals surface area contributed by atoms with Crippen molar-refractivity contribution in [2.45, 2.75) is 13.8 Å². The van der Waals surface area contributed by atoms with Crippen molar-refractivity contribution < 1.29 is 0 Å². The maximum atomic E-state index is 5.64. The van der Waals surface area contributed by atoms with Crippen molar-refractivity contribution in [3.8, 4) is 0 Å². The molecule has 1 aromatic heterocycles. The fourth-order valence-electron chi connectivity index (χ4n) is 1.03. The summed E-state index contributed by atoms with van der Waals surface area (Å²) in [7, 11) is 1.75. The van der Waals surface area contributed by atoms with Gasteiger partial charge in [-0.1, -0.05) is 38.3 Å². The Morgan fingerprint density at radius 1 is 1.50 bits per heavy atom. The maximum absolute atomic E-state index is 5.64. The van der Waals surface area contributed by atoms with Crippen LogP contribution < -0.4 is 5.73 Å². The van der Waals surface area contributed by atoms with Gasteiger partial charge in [0.15, 0.2) is 0 Å². The summed E-state index contributed by atoms with van der Waals surface area (Å²) in [5.41, 5.74) is 6.44. The predicted molar refractivity (Wildman–Crippen MR) is 72.7 cm³/mol. The van der Waals surface area contributed by atoms with Crippen LogP contribution in [0.5, 0.6) is 0 Å². The maximum Gasteiger partial charge on any atom is 0.124 e. The molecule has 0 unspecified atom stereocenters. The molecule has 3 nitrogen and oxygen atoms in total. The number of anilines is 1. The van der Waals surface area contributed by atoms with Crippen LogP contribution in [0.4, 0.5) is 5.82 Å². The number of nitrogen functional groups attached to an aromatic ring is 1. The van der Waals surface area contributed by atoms with E-state index in [-0.39, 0.29) is 0 Å². The summed E-state index contributed by atoms with van der Waals surface area (Å²) in [5, 5.41) is 0.853. The Hall–Kier alpha value is -1.29. The molecule has 0 saturated carbocycles. The fraction of sp³-hybridized carbons (Fsp3) is 0.333. The molecule has 0 atom stereocenters. The van der Waals surface area contributed by atoms with E-state index < -0.39 is 0 Å². The minimum Gasteiger partial charge on any atom is -0.384 e. The van der Waals surface area contributed by atoms with Gasteiger partial charge in [0.05, 0.1) is 5.69 Å². The van der Waals surface area contributed by atoms with E-state index in [0.29, 0.717) is 11.7 Å². The van der Waals surface area contributed by atoms with E-state index in [0.717, 1.165) is 15.6 Å². The fourth-order valence-corrected chi connectivity index (χ4v) is 1.82. The van der Waals surface area contributed by atoms with E-state index >= 15 is 0 Å². The third-order valence-corrected chi connectivity index (χ3v) is 3.38. The minimum absolute atomic E-state index is 0.419. The second-order valence-corrected chi connectivity index (χ2v) is 4.81. The lowest BCUT2D eigenvalue weighted by Crippen LogP contribution is -2.03. The third-order valence-electron chi connectivity index (χ3n) is 2.06. The standard InChI is InChI=1S/C12H17N3S/c1-8(2)9(3)16-12(14-4)10-6-5-7-11(13)15-10/h5-8H,3H2,1-2,4H3,(H2,13,15). The topological polar surface area (TPSA) is 51.3 Å². The highest BCUT2D eigenvalue weighted by Crippen LogP contribution is 2.26. The molecule has 0 saturated heterocycles. The van der Waals surface area contributed by atoms with Crippen LogP contribution in [0.15, 0.2) is 34.7 Å². The van der Waals surface area contributed by atoms with E-state index in [1.165, 1.54) is 0 Å². The van der Waals surface area contributed by atoms with Crippen LogP contribution in [0.2, 0.25) is 0 Å². The van der Waals surface area contributed by atoms with Gasteiger partial charge in [-0.05, 0) is 23.0 Å². The van der Waals surface area contributed by atoms with Gasteiger partial charge in [-0.15, -0.1) is 0 Å². The molecule has 0 fully saturated rings. The van der Waals surface area contributed by atoms with Gasteiger partial charge in [0.25, 0.3) is 0 Å². The Balaban J connectivity index is 2.88. The van der Waals surface area contributed by atoms with Gasteiger partial charge >= 0.3 is 0 Å². The largest absolute Gasteiger partial charge is 0.384 e. The first-order valence-electron chi connectivity index (χ1n) is 5.11. The van der Waals surface area contributed by atoms with Crippen molar-refractivity contribution in [1.82, 2.24) is 4.98 Å². The number of nitrogens with two attached hydrogens (primary N) is 1. The average Bonchev–Trinajstić information content (AvgIpc) is 2.25. The first kappa shape index (κ1) is 12.8. The van der Waals surface area contributed by atoms with Crippen molar-refractivity contribution in [2.24, 2.45) is 10.9 Å². The van der Waals surface area contributed by atoms with Crippen LogP contribution in [-0.4, -0.2) is 17.1 Å². The molecule has 2 N–H and O–H groups in total. The number of aromatic nitrogens is 1. The number of aliphatic imine (C=N–C) groups is 1. The number of hydrogen-bond acceptors (Lipinski definition) is 4. The number of nitrogens with zero attached hydrogens (tertiary/aromatic N) is 2. The molecule has 1 aromatic rings. The van der Waals surface area contributed by atoms with Crippen LogP contribution >= 0.6 is 11.8 Å². The molecule has 0 amide bonds. The van der Waals surface area contributed by atoms with Crippen LogP contribution in [0.3, 0.4) is 0 Å². The Bertz CT molecular complexity index is 410. The molecule has 0 radical (unpaired) electrons. The molecule has 4 heteroatoms. The molecule has 0 aromatic carbocycles. The van der Waals surface area contributed by atoms with Crippen LogP contribution in [0, 0.1) is 5.92 Å². The number of allylic oxidation sites excluding steroid dienone is 1. The van der Waals surface area contributed by atoms with Gasteiger partial charge in [-0.3, -0.25) is 4.99 Å². The average molecular weight is 235 g/mol. The normalized spacial score (nSPS) is 11.9. The second-order valence-electron chi connectivity index (χ2n) is 3.70. The molecule has 0 aliphatic heterocycles. The van der Waals surface area contributed by atoms with E-state index in [1.54, 1.807) is 24.9 Å².